The predicted molar refractivity (Wildman–Crippen MR) is 111 cm³/mol. The van der Waals surface area contributed by atoms with Gasteiger partial charge in [0, 0.05) is 29.5 Å². The quantitative estimate of drug-likeness (QED) is 0.712. The van der Waals surface area contributed by atoms with Crippen molar-refractivity contribution in [2.24, 2.45) is 5.41 Å². The van der Waals surface area contributed by atoms with Crippen molar-refractivity contribution in [2.75, 3.05) is 5.32 Å². The second-order valence-electron chi connectivity index (χ2n) is 8.69. The first kappa shape index (κ1) is 17.8. The summed E-state index contributed by atoms with van der Waals surface area (Å²) in [5.41, 5.74) is 4.53. The third-order valence-electron chi connectivity index (χ3n) is 5.58. The molecule has 1 aliphatic heterocycles. The minimum atomic E-state index is -0.364. The second-order valence-corrected chi connectivity index (χ2v) is 8.69. The molecule has 1 unspecified atom stereocenters. The molecule has 0 spiro atoms. The van der Waals surface area contributed by atoms with Crippen LogP contribution in [0.4, 0.5) is 5.95 Å². The third-order valence-corrected chi connectivity index (χ3v) is 5.58. The molecule has 1 aliphatic carbocycles. The predicted octanol–water partition coefficient (Wildman–Crippen LogP) is 4.31. The Hall–Kier alpha value is -3.28. The van der Waals surface area contributed by atoms with Gasteiger partial charge in [-0.05, 0) is 37.0 Å². The van der Waals surface area contributed by atoms with E-state index in [1.165, 1.54) is 0 Å². The van der Waals surface area contributed by atoms with E-state index < -0.39 is 0 Å². The molecule has 3 aromatic rings. The molecule has 146 valence electrons. The summed E-state index contributed by atoms with van der Waals surface area (Å²) >= 11 is 0. The van der Waals surface area contributed by atoms with Gasteiger partial charge in [-0.15, -0.1) is 5.10 Å². The number of anilines is 1. The summed E-state index contributed by atoms with van der Waals surface area (Å²) in [5, 5.41) is 8.21. The van der Waals surface area contributed by atoms with E-state index in [1.54, 1.807) is 6.20 Å². The van der Waals surface area contributed by atoms with Crippen LogP contribution >= 0.6 is 0 Å². The maximum absolute atomic E-state index is 13.2. The number of ketones is 1. The molecule has 29 heavy (non-hydrogen) atoms. The molecule has 1 N–H and O–H groups in total. The third kappa shape index (κ3) is 3.05. The normalized spacial score (nSPS) is 20.1. The molecule has 2 aliphatic rings. The number of nitrogens with zero attached hydrogens (tertiary/aromatic N) is 4. The summed E-state index contributed by atoms with van der Waals surface area (Å²) in [6, 6.07) is 13.5. The molecule has 5 rings (SSSR count). The van der Waals surface area contributed by atoms with Crippen LogP contribution in [-0.2, 0) is 4.79 Å². The summed E-state index contributed by atoms with van der Waals surface area (Å²) in [6.07, 6.45) is 3.07. The van der Waals surface area contributed by atoms with Crippen LogP contribution in [0, 0.1) is 12.3 Å². The molecule has 3 heterocycles. The number of carbonyl (C=O) groups excluding carboxylic acids is 1. The van der Waals surface area contributed by atoms with Crippen molar-refractivity contribution >= 4 is 11.7 Å². The lowest BCUT2D eigenvalue weighted by molar-refractivity contribution is -0.118. The molecule has 2 aromatic heterocycles. The maximum Gasteiger partial charge on any atom is 0.226 e. The summed E-state index contributed by atoms with van der Waals surface area (Å²) in [5.74, 6) is 1.45. The average molecular weight is 385 g/mol. The molecule has 1 aromatic carbocycles. The van der Waals surface area contributed by atoms with Crippen molar-refractivity contribution in [3.63, 3.8) is 0 Å². The van der Waals surface area contributed by atoms with Crippen LogP contribution in [0.5, 0.6) is 0 Å². The number of hydrogen-bond acceptors (Lipinski definition) is 5. The highest BCUT2D eigenvalue weighted by molar-refractivity contribution is 6.00. The average Bonchev–Trinajstić information content (AvgIpc) is 3.10. The summed E-state index contributed by atoms with van der Waals surface area (Å²) in [4.78, 5) is 22.5. The van der Waals surface area contributed by atoms with Gasteiger partial charge in [0.25, 0.3) is 0 Å². The summed E-state index contributed by atoms with van der Waals surface area (Å²) in [7, 11) is 0. The second kappa shape index (κ2) is 6.37. The lowest BCUT2D eigenvalue weighted by atomic mass is 9.73. The van der Waals surface area contributed by atoms with Gasteiger partial charge in [-0.3, -0.25) is 9.78 Å². The zero-order valence-corrected chi connectivity index (χ0v) is 16.8. The minimum absolute atomic E-state index is 0.0842. The fraction of sp³-hybridized carbons (Fsp3) is 0.304. The van der Waals surface area contributed by atoms with Gasteiger partial charge >= 0.3 is 0 Å². The molecule has 0 saturated carbocycles. The highest BCUT2D eigenvalue weighted by Gasteiger charge is 2.42. The zero-order chi connectivity index (χ0) is 20.2. The number of carbonyl (C=O) groups is 1. The molecule has 0 bridgehead atoms. The van der Waals surface area contributed by atoms with E-state index in [4.69, 9.17) is 10.1 Å². The van der Waals surface area contributed by atoms with Crippen molar-refractivity contribution in [2.45, 2.75) is 39.7 Å². The number of nitrogens with one attached hydrogen (secondary N) is 1. The van der Waals surface area contributed by atoms with Crippen LogP contribution < -0.4 is 5.32 Å². The largest absolute Gasteiger partial charge is 0.328 e. The van der Waals surface area contributed by atoms with Gasteiger partial charge in [0.2, 0.25) is 5.95 Å². The van der Waals surface area contributed by atoms with Crippen LogP contribution in [0.25, 0.3) is 11.4 Å². The van der Waals surface area contributed by atoms with Crippen LogP contribution in [-0.4, -0.2) is 25.5 Å². The van der Waals surface area contributed by atoms with E-state index >= 15 is 0 Å². The number of benzene rings is 1. The van der Waals surface area contributed by atoms with Crippen molar-refractivity contribution in [1.29, 1.82) is 0 Å². The Kier molecular flexibility index (Phi) is 3.91. The molecular formula is C23H23N5O. The lowest BCUT2D eigenvalue weighted by Gasteiger charge is -2.37. The molecular weight excluding hydrogens is 362 g/mol. The monoisotopic (exact) mass is 385 g/mol. The van der Waals surface area contributed by atoms with Crippen LogP contribution in [0.1, 0.15) is 44.0 Å². The van der Waals surface area contributed by atoms with Crippen molar-refractivity contribution in [1.82, 2.24) is 19.7 Å². The Morgan fingerprint density at radius 1 is 1.14 bits per heavy atom. The number of pyridine rings is 1. The number of fused-ring (bicyclic) bond motifs is 1. The van der Waals surface area contributed by atoms with E-state index in [2.05, 4.69) is 43.2 Å². The van der Waals surface area contributed by atoms with Crippen molar-refractivity contribution in [3.8, 4) is 11.4 Å². The van der Waals surface area contributed by atoms with Gasteiger partial charge in [-0.2, -0.15) is 4.98 Å². The SMILES string of the molecule is Cc1cccc(-c2nc3n(n2)C(c2ccccn2)C2=C(CC(C)(C)CC2=O)N3)c1. The Bertz CT molecular complexity index is 1140. The molecule has 1 atom stereocenters. The van der Waals surface area contributed by atoms with Crippen LogP contribution in [0.3, 0.4) is 0 Å². The van der Waals surface area contributed by atoms with E-state index in [1.807, 2.05) is 35.0 Å². The van der Waals surface area contributed by atoms with Gasteiger partial charge in [0.05, 0.1) is 5.69 Å². The Balaban J connectivity index is 1.68. The van der Waals surface area contributed by atoms with E-state index in [-0.39, 0.29) is 17.2 Å². The highest BCUT2D eigenvalue weighted by atomic mass is 16.1. The van der Waals surface area contributed by atoms with Crippen molar-refractivity contribution < 1.29 is 4.79 Å². The van der Waals surface area contributed by atoms with Gasteiger partial charge in [-0.25, -0.2) is 4.68 Å². The zero-order valence-electron chi connectivity index (χ0n) is 16.8. The number of hydrogen-bond donors (Lipinski definition) is 1. The fourth-order valence-corrected chi connectivity index (χ4v) is 4.33. The number of allylic oxidation sites excluding steroid dienone is 2. The highest BCUT2D eigenvalue weighted by Crippen LogP contribution is 2.45. The van der Waals surface area contributed by atoms with Gasteiger partial charge in [0.1, 0.15) is 6.04 Å². The Morgan fingerprint density at radius 3 is 2.76 bits per heavy atom. The first-order valence-corrected chi connectivity index (χ1v) is 9.89. The van der Waals surface area contributed by atoms with E-state index in [9.17, 15) is 4.79 Å². The topological polar surface area (TPSA) is 72.7 Å². The number of aromatic nitrogens is 4. The lowest BCUT2D eigenvalue weighted by Crippen LogP contribution is -2.36. The molecule has 0 amide bonds. The minimum Gasteiger partial charge on any atom is -0.328 e. The summed E-state index contributed by atoms with van der Waals surface area (Å²) < 4.78 is 1.81. The first-order valence-electron chi connectivity index (χ1n) is 9.89. The number of Topliss-reactive ketones (excluding diaryl/α,β-unsaturated/α-hetero) is 1. The van der Waals surface area contributed by atoms with Crippen molar-refractivity contribution in [3.05, 3.63) is 71.2 Å². The number of aryl methyl sites for hydroxylation is 1. The smallest absolute Gasteiger partial charge is 0.226 e. The van der Waals surface area contributed by atoms with Crippen LogP contribution in [0.2, 0.25) is 0 Å². The number of rotatable bonds is 2. The molecule has 0 saturated heterocycles. The van der Waals surface area contributed by atoms with Gasteiger partial charge in [0.15, 0.2) is 11.6 Å². The van der Waals surface area contributed by atoms with E-state index in [0.29, 0.717) is 18.2 Å². The standard InChI is InChI=1S/C23H23N5O/c1-14-7-6-8-15(11-14)21-26-22-25-17-12-23(2,3)13-18(29)19(17)20(28(22)27-21)16-9-4-5-10-24-16/h4-11,20H,12-13H2,1-3H3,(H,25,26,27). The molecule has 6 nitrogen and oxygen atoms in total. The summed E-state index contributed by atoms with van der Waals surface area (Å²) in [6.45, 7) is 6.31. The fourth-order valence-electron chi connectivity index (χ4n) is 4.33. The Labute approximate surface area is 169 Å². The van der Waals surface area contributed by atoms with Gasteiger partial charge in [-0.1, -0.05) is 43.7 Å². The molecule has 0 fully saturated rings. The van der Waals surface area contributed by atoms with Crippen LogP contribution in [0.15, 0.2) is 59.9 Å². The maximum atomic E-state index is 13.2. The Morgan fingerprint density at radius 2 is 2.00 bits per heavy atom. The first-order chi connectivity index (χ1) is 13.9. The molecule has 6 heteroatoms. The van der Waals surface area contributed by atoms with E-state index in [0.717, 1.165) is 34.5 Å². The van der Waals surface area contributed by atoms with Gasteiger partial charge < -0.3 is 5.32 Å². The molecule has 0 radical (unpaired) electrons.